The first-order valence-corrected chi connectivity index (χ1v) is 9.88. The predicted octanol–water partition coefficient (Wildman–Crippen LogP) is 3.27. The SMILES string of the molecule is O=C1c2c(cccc2N2CCOCC2)CN1CCc1ccc2ccccc2n1. The van der Waals surface area contributed by atoms with E-state index in [1.54, 1.807) is 0 Å². The number of ether oxygens (including phenoxy) is 1. The van der Waals surface area contributed by atoms with Crippen LogP contribution in [0.15, 0.2) is 54.6 Å². The first-order valence-electron chi connectivity index (χ1n) is 9.88. The fourth-order valence-electron chi connectivity index (χ4n) is 4.15. The molecule has 1 amide bonds. The molecule has 3 aromatic rings. The molecule has 1 saturated heterocycles. The van der Waals surface area contributed by atoms with Gasteiger partial charge in [-0.15, -0.1) is 0 Å². The minimum Gasteiger partial charge on any atom is -0.378 e. The highest BCUT2D eigenvalue weighted by Gasteiger charge is 2.31. The van der Waals surface area contributed by atoms with Gasteiger partial charge in [0.25, 0.3) is 5.91 Å². The van der Waals surface area contributed by atoms with E-state index in [2.05, 4.69) is 41.3 Å². The number of hydrogen-bond acceptors (Lipinski definition) is 4. The van der Waals surface area contributed by atoms with Crippen molar-refractivity contribution in [2.45, 2.75) is 13.0 Å². The molecule has 0 unspecified atom stereocenters. The molecule has 5 nitrogen and oxygen atoms in total. The number of carbonyl (C=O) groups is 1. The van der Waals surface area contributed by atoms with Crippen molar-refractivity contribution in [3.05, 3.63) is 71.4 Å². The van der Waals surface area contributed by atoms with E-state index < -0.39 is 0 Å². The monoisotopic (exact) mass is 373 g/mol. The maximum atomic E-state index is 13.1. The van der Waals surface area contributed by atoms with Gasteiger partial charge in [0.05, 0.1) is 30.0 Å². The van der Waals surface area contributed by atoms with Gasteiger partial charge in [0.15, 0.2) is 0 Å². The second-order valence-corrected chi connectivity index (χ2v) is 7.38. The third-order valence-electron chi connectivity index (χ3n) is 5.64. The van der Waals surface area contributed by atoms with Crippen LogP contribution in [0.1, 0.15) is 21.6 Å². The number of amides is 1. The van der Waals surface area contributed by atoms with Gasteiger partial charge in [0.1, 0.15) is 0 Å². The summed E-state index contributed by atoms with van der Waals surface area (Å²) in [6, 6.07) is 18.5. The Kier molecular flexibility index (Phi) is 4.45. The van der Waals surface area contributed by atoms with Gasteiger partial charge in [-0.05, 0) is 23.8 Å². The lowest BCUT2D eigenvalue weighted by Crippen LogP contribution is -2.37. The molecule has 1 fully saturated rings. The second kappa shape index (κ2) is 7.24. The van der Waals surface area contributed by atoms with Crippen molar-refractivity contribution in [3.63, 3.8) is 0 Å². The summed E-state index contributed by atoms with van der Waals surface area (Å²) in [4.78, 5) is 22.1. The van der Waals surface area contributed by atoms with Gasteiger partial charge in [-0.25, -0.2) is 0 Å². The van der Waals surface area contributed by atoms with Crippen molar-refractivity contribution in [2.24, 2.45) is 0 Å². The Bertz CT molecular complexity index is 1030. The van der Waals surface area contributed by atoms with Gasteiger partial charge >= 0.3 is 0 Å². The molecule has 0 bridgehead atoms. The number of fused-ring (bicyclic) bond motifs is 2. The minimum absolute atomic E-state index is 0.137. The van der Waals surface area contributed by atoms with E-state index in [4.69, 9.17) is 9.72 Å². The minimum atomic E-state index is 0.137. The number of aromatic nitrogens is 1. The Morgan fingerprint density at radius 2 is 1.82 bits per heavy atom. The fraction of sp³-hybridized carbons (Fsp3) is 0.304. The molecule has 0 atom stereocenters. The van der Waals surface area contributed by atoms with Crippen LogP contribution < -0.4 is 4.90 Å². The Morgan fingerprint density at radius 1 is 0.964 bits per heavy atom. The molecule has 28 heavy (non-hydrogen) atoms. The van der Waals surface area contributed by atoms with Crippen LogP contribution >= 0.6 is 0 Å². The van der Waals surface area contributed by atoms with Crippen LogP contribution in [-0.4, -0.2) is 48.6 Å². The Balaban J connectivity index is 1.33. The zero-order valence-electron chi connectivity index (χ0n) is 15.8. The number of pyridine rings is 1. The highest BCUT2D eigenvalue weighted by molar-refractivity contribution is 6.03. The first kappa shape index (κ1) is 17.2. The molecule has 5 rings (SSSR count). The average Bonchev–Trinajstić information content (AvgIpc) is 3.08. The highest BCUT2D eigenvalue weighted by Crippen LogP contribution is 2.32. The van der Waals surface area contributed by atoms with E-state index in [1.807, 2.05) is 23.1 Å². The van der Waals surface area contributed by atoms with Crippen LogP contribution in [0, 0.1) is 0 Å². The third-order valence-corrected chi connectivity index (χ3v) is 5.64. The number of rotatable bonds is 4. The summed E-state index contributed by atoms with van der Waals surface area (Å²) < 4.78 is 5.46. The van der Waals surface area contributed by atoms with E-state index in [9.17, 15) is 4.79 Å². The van der Waals surface area contributed by atoms with Crippen LogP contribution in [0.5, 0.6) is 0 Å². The van der Waals surface area contributed by atoms with Crippen LogP contribution in [0.3, 0.4) is 0 Å². The molecule has 3 heterocycles. The van der Waals surface area contributed by atoms with Crippen LogP contribution in [0.25, 0.3) is 10.9 Å². The summed E-state index contributed by atoms with van der Waals surface area (Å²) in [7, 11) is 0. The molecule has 0 radical (unpaired) electrons. The normalized spacial score (nSPS) is 16.6. The molecule has 2 aliphatic heterocycles. The van der Waals surface area contributed by atoms with E-state index in [1.165, 1.54) is 0 Å². The van der Waals surface area contributed by atoms with Crippen molar-refractivity contribution in [1.29, 1.82) is 0 Å². The van der Waals surface area contributed by atoms with Crippen LogP contribution in [-0.2, 0) is 17.7 Å². The fourth-order valence-corrected chi connectivity index (χ4v) is 4.15. The molecular formula is C23H23N3O2. The molecule has 0 saturated carbocycles. The van der Waals surface area contributed by atoms with Gasteiger partial charge in [0.2, 0.25) is 0 Å². The number of anilines is 1. The van der Waals surface area contributed by atoms with Crippen LogP contribution in [0.4, 0.5) is 5.69 Å². The van der Waals surface area contributed by atoms with Gasteiger partial charge < -0.3 is 14.5 Å². The largest absolute Gasteiger partial charge is 0.378 e. The lowest BCUT2D eigenvalue weighted by molar-refractivity contribution is 0.0779. The highest BCUT2D eigenvalue weighted by atomic mass is 16.5. The number of morpholine rings is 1. The van der Waals surface area contributed by atoms with Gasteiger partial charge in [-0.1, -0.05) is 36.4 Å². The summed E-state index contributed by atoms with van der Waals surface area (Å²) in [5, 5.41) is 1.14. The van der Waals surface area contributed by atoms with Crippen molar-refractivity contribution < 1.29 is 9.53 Å². The first-order chi connectivity index (χ1) is 13.8. The van der Waals surface area contributed by atoms with E-state index in [0.717, 1.165) is 66.1 Å². The smallest absolute Gasteiger partial charge is 0.256 e. The molecule has 5 heteroatoms. The molecule has 0 spiro atoms. The third kappa shape index (κ3) is 3.12. The quantitative estimate of drug-likeness (QED) is 0.704. The topological polar surface area (TPSA) is 45.7 Å². The number of carbonyl (C=O) groups excluding carboxylic acids is 1. The standard InChI is InChI=1S/C23H23N3O2/c27-23-22-18(5-3-7-21(22)25-12-14-28-15-13-25)16-26(23)11-10-19-9-8-17-4-1-2-6-20(17)24-19/h1-9H,10-16H2. The lowest BCUT2D eigenvalue weighted by Gasteiger charge is -2.30. The van der Waals surface area contributed by atoms with Crippen LogP contribution in [0.2, 0.25) is 0 Å². The summed E-state index contributed by atoms with van der Waals surface area (Å²) >= 11 is 0. The van der Waals surface area contributed by atoms with E-state index in [0.29, 0.717) is 13.1 Å². The molecule has 2 aliphatic rings. The zero-order valence-corrected chi connectivity index (χ0v) is 15.8. The molecule has 0 N–H and O–H groups in total. The number of nitrogens with zero attached hydrogens (tertiary/aromatic N) is 3. The van der Waals surface area contributed by atoms with Crippen molar-refractivity contribution in [2.75, 3.05) is 37.7 Å². The summed E-state index contributed by atoms with van der Waals surface area (Å²) in [5.41, 5.74) is 5.08. The van der Waals surface area contributed by atoms with Crippen molar-refractivity contribution in [1.82, 2.24) is 9.88 Å². The molecule has 2 aromatic carbocycles. The predicted molar refractivity (Wildman–Crippen MR) is 110 cm³/mol. The van der Waals surface area contributed by atoms with Crippen molar-refractivity contribution >= 4 is 22.5 Å². The second-order valence-electron chi connectivity index (χ2n) is 7.38. The van der Waals surface area contributed by atoms with Crippen molar-refractivity contribution in [3.8, 4) is 0 Å². The Morgan fingerprint density at radius 3 is 2.71 bits per heavy atom. The van der Waals surface area contributed by atoms with Gasteiger partial charge in [-0.2, -0.15) is 0 Å². The summed E-state index contributed by atoms with van der Waals surface area (Å²) in [5.74, 6) is 0.137. The molecule has 1 aromatic heterocycles. The van der Waals surface area contributed by atoms with Gasteiger partial charge in [0, 0.05) is 43.7 Å². The van der Waals surface area contributed by atoms with Gasteiger partial charge in [-0.3, -0.25) is 9.78 Å². The Hall–Kier alpha value is -2.92. The maximum absolute atomic E-state index is 13.1. The molecule has 142 valence electrons. The number of para-hydroxylation sites is 1. The van der Waals surface area contributed by atoms with E-state index >= 15 is 0 Å². The zero-order chi connectivity index (χ0) is 18.9. The Labute approximate surface area is 164 Å². The summed E-state index contributed by atoms with van der Waals surface area (Å²) in [6.07, 6.45) is 0.761. The number of benzene rings is 2. The number of hydrogen-bond donors (Lipinski definition) is 0. The summed E-state index contributed by atoms with van der Waals surface area (Å²) in [6.45, 7) is 4.47. The maximum Gasteiger partial charge on any atom is 0.256 e. The molecule has 0 aliphatic carbocycles. The average molecular weight is 373 g/mol. The molecular weight excluding hydrogens is 350 g/mol. The lowest BCUT2D eigenvalue weighted by atomic mass is 10.1. The van der Waals surface area contributed by atoms with E-state index in [-0.39, 0.29) is 5.91 Å².